The maximum Gasteiger partial charge on any atom is 0.151 e. The molecule has 0 saturated heterocycles. The van der Waals surface area contributed by atoms with Crippen LogP contribution in [-0.2, 0) is 19.4 Å². The topological polar surface area (TPSA) is 55.3 Å². The first kappa shape index (κ1) is 27.2. The number of fused-ring (bicyclic) bond motifs is 1. The van der Waals surface area contributed by atoms with Crippen LogP contribution < -0.4 is 5.84 Å². The molecular weight excluding hydrogens is 426 g/mol. The number of benzene rings is 2. The van der Waals surface area contributed by atoms with E-state index in [9.17, 15) is 0 Å². The van der Waals surface area contributed by atoms with Gasteiger partial charge in [-0.1, -0.05) is 82.2 Å². The molecule has 0 amide bonds. The second-order valence-electron chi connectivity index (χ2n) is 8.08. The van der Waals surface area contributed by atoms with Crippen molar-refractivity contribution < 1.29 is 4.52 Å². The van der Waals surface area contributed by atoms with Crippen molar-refractivity contribution in [1.29, 1.82) is 0 Å². The molecule has 0 bridgehead atoms. The van der Waals surface area contributed by atoms with E-state index >= 15 is 0 Å². The van der Waals surface area contributed by atoms with Gasteiger partial charge in [-0.15, -0.1) is 11.8 Å². The van der Waals surface area contributed by atoms with Crippen molar-refractivity contribution in [3.8, 4) is 11.3 Å². The van der Waals surface area contributed by atoms with Gasteiger partial charge in [0.25, 0.3) is 0 Å². The lowest BCUT2D eigenvalue weighted by Crippen LogP contribution is -2.34. The van der Waals surface area contributed by atoms with Gasteiger partial charge in [0.15, 0.2) is 5.76 Å². The Morgan fingerprint density at radius 1 is 1.09 bits per heavy atom. The maximum absolute atomic E-state index is 6.30. The van der Waals surface area contributed by atoms with Gasteiger partial charge in [-0.25, -0.2) is 5.01 Å². The molecule has 1 atom stereocenters. The summed E-state index contributed by atoms with van der Waals surface area (Å²) >= 11 is 1.85. The minimum absolute atomic E-state index is 0.527. The molecule has 0 aliphatic carbocycles. The second kappa shape index (κ2) is 14.2. The number of hydrazine groups is 1. The summed E-state index contributed by atoms with van der Waals surface area (Å²) < 4.78 is 5.51. The third kappa shape index (κ3) is 7.73. The van der Waals surface area contributed by atoms with Gasteiger partial charge in [-0.2, -0.15) is 0 Å². The standard InChI is InChI=1S/C24H29N3OS.2C2H6/c1-17(15-27(25)16-21-8-4-3-6-18(21)2)10-11-19-7-5-9-20(14-19)23-24-22(28-26-23)12-13-29-24;2*1-2/h3-9,14,17H,10-13,15-16,25H2,1-2H3;2*1-2H3. The Kier molecular flexibility index (Phi) is 11.7. The Balaban J connectivity index is 0.000000914. The van der Waals surface area contributed by atoms with Crippen molar-refractivity contribution in [2.24, 2.45) is 11.8 Å². The largest absolute Gasteiger partial charge is 0.360 e. The third-order valence-corrected chi connectivity index (χ3v) is 6.72. The molecule has 2 heterocycles. The number of nitrogens with zero attached hydrogens (tertiary/aromatic N) is 2. The number of hydrogen-bond acceptors (Lipinski definition) is 5. The highest BCUT2D eigenvalue weighted by molar-refractivity contribution is 7.99. The van der Waals surface area contributed by atoms with Crippen molar-refractivity contribution in [3.63, 3.8) is 0 Å². The Morgan fingerprint density at radius 3 is 2.61 bits per heavy atom. The molecule has 0 spiro atoms. The van der Waals surface area contributed by atoms with E-state index in [4.69, 9.17) is 10.4 Å². The number of aromatic nitrogens is 1. The van der Waals surface area contributed by atoms with Gasteiger partial charge in [0.2, 0.25) is 0 Å². The first-order valence-corrected chi connectivity index (χ1v) is 13.3. The second-order valence-corrected chi connectivity index (χ2v) is 9.19. The lowest BCUT2D eigenvalue weighted by molar-refractivity contribution is 0.229. The van der Waals surface area contributed by atoms with Crippen molar-refractivity contribution in [1.82, 2.24) is 10.2 Å². The summed E-state index contributed by atoms with van der Waals surface area (Å²) in [5.74, 6) is 8.96. The van der Waals surface area contributed by atoms with Crippen molar-refractivity contribution >= 4 is 11.8 Å². The number of nitrogens with two attached hydrogens (primary N) is 1. The molecule has 2 aromatic carbocycles. The van der Waals surface area contributed by atoms with E-state index in [0.29, 0.717) is 5.92 Å². The molecule has 0 radical (unpaired) electrons. The van der Waals surface area contributed by atoms with Crippen LogP contribution in [0.4, 0.5) is 0 Å². The fourth-order valence-electron chi connectivity index (χ4n) is 3.90. The van der Waals surface area contributed by atoms with Crippen molar-refractivity contribution in [3.05, 3.63) is 71.0 Å². The minimum Gasteiger partial charge on any atom is -0.360 e. The van der Waals surface area contributed by atoms with Crippen LogP contribution in [-0.4, -0.2) is 22.5 Å². The van der Waals surface area contributed by atoms with Crippen molar-refractivity contribution in [2.45, 2.75) is 72.2 Å². The average molecular weight is 468 g/mol. The Bertz CT molecular complexity index is 969. The number of rotatable bonds is 8. The van der Waals surface area contributed by atoms with Crippen LogP contribution in [0.1, 0.15) is 63.5 Å². The highest BCUT2D eigenvalue weighted by Crippen LogP contribution is 2.39. The SMILES string of the molecule is CC.CC.Cc1ccccc1CN(N)CC(C)CCc1cccc(-c2noc3c2SCC3)c1. The van der Waals surface area contributed by atoms with Gasteiger partial charge in [0.1, 0.15) is 5.69 Å². The predicted octanol–water partition coefficient (Wildman–Crippen LogP) is 7.30. The predicted molar refractivity (Wildman–Crippen MR) is 142 cm³/mol. The Morgan fingerprint density at radius 2 is 1.85 bits per heavy atom. The Labute approximate surface area is 204 Å². The van der Waals surface area contributed by atoms with E-state index in [1.54, 1.807) is 0 Å². The molecule has 4 nitrogen and oxygen atoms in total. The molecule has 3 aromatic rings. The van der Waals surface area contributed by atoms with E-state index in [1.165, 1.54) is 21.6 Å². The van der Waals surface area contributed by atoms with E-state index in [0.717, 1.165) is 55.1 Å². The monoisotopic (exact) mass is 467 g/mol. The van der Waals surface area contributed by atoms with Gasteiger partial charge < -0.3 is 4.52 Å². The van der Waals surface area contributed by atoms with Crippen LogP contribution in [0.25, 0.3) is 11.3 Å². The number of aryl methyl sites for hydroxylation is 3. The Hall–Kier alpha value is -2.08. The van der Waals surface area contributed by atoms with E-state index in [-0.39, 0.29) is 0 Å². The van der Waals surface area contributed by atoms with Crippen LogP contribution >= 0.6 is 11.8 Å². The van der Waals surface area contributed by atoms with Crippen LogP contribution in [0, 0.1) is 12.8 Å². The van der Waals surface area contributed by atoms with E-state index < -0.39 is 0 Å². The fourth-order valence-corrected chi connectivity index (χ4v) is 4.99. The summed E-state index contributed by atoms with van der Waals surface area (Å²) in [5.41, 5.74) is 6.10. The number of thioether (sulfide) groups is 1. The summed E-state index contributed by atoms with van der Waals surface area (Å²) in [6, 6.07) is 17.2. The molecular formula is C28H41N3OS. The zero-order chi connectivity index (χ0) is 24.2. The molecule has 1 aliphatic heterocycles. The lowest BCUT2D eigenvalue weighted by Gasteiger charge is -2.22. The molecule has 1 unspecified atom stereocenters. The van der Waals surface area contributed by atoms with E-state index in [1.807, 2.05) is 44.5 Å². The summed E-state index contributed by atoms with van der Waals surface area (Å²) in [7, 11) is 0. The summed E-state index contributed by atoms with van der Waals surface area (Å²) in [5, 5.41) is 6.26. The van der Waals surface area contributed by atoms with Gasteiger partial charge in [-0.3, -0.25) is 5.84 Å². The number of hydrogen-bond donors (Lipinski definition) is 1. The smallest absolute Gasteiger partial charge is 0.151 e. The van der Waals surface area contributed by atoms with Gasteiger partial charge in [0.05, 0.1) is 4.90 Å². The van der Waals surface area contributed by atoms with Crippen LogP contribution in [0.3, 0.4) is 0 Å². The first-order chi connectivity index (χ1) is 16.1. The average Bonchev–Trinajstić information content (AvgIpc) is 3.46. The molecule has 180 valence electrons. The normalized spacial score (nSPS) is 13.0. The molecule has 4 rings (SSSR count). The first-order valence-electron chi connectivity index (χ1n) is 12.3. The van der Waals surface area contributed by atoms with Gasteiger partial charge in [0, 0.05) is 30.8 Å². The zero-order valence-corrected chi connectivity index (χ0v) is 22.0. The summed E-state index contributed by atoms with van der Waals surface area (Å²) in [6.45, 7) is 14.1. The zero-order valence-electron chi connectivity index (χ0n) is 21.2. The molecule has 1 aromatic heterocycles. The molecule has 2 N–H and O–H groups in total. The quantitative estimate of drug-likeness (QED) is 0.278. The summed E-state index contributed by atoms with van der Waals surface area (Å²) in [4.78, 5) is 1.23. The highest BCUT2D eigenvalue weighted by atomic mass is 32.2. The van der Waals surface area contributed by atoms with Crippen LogP contribution in [0.2, 0.25) is 0 Å². The molecule has 0 fully saturated rings. The third-order valence-electron chi connectivity index (χ3n) is 5.60. The molecule has 33 heavy (non-hydrogen) atoms. The van der Waals surface area contributed by atoms with Gasteiger partial charge >= 0.3 is 0 Å². The van der Waals surface area contributed by atoms with Crippen LogP contribution in [0.5, 0.6) is 0 Å². The lowest BCUT2D eigenvalue weighted by atomic mass is 9.98. The van der Waals surface area contributed by atoms with Crippen molar-refractivity contribution in [2.75, 3.05) is 12.3 Å². The van der Waals surface area contributed by atoms with Gasteiger partial charge in [-0.05, 0) is 48.4 Å². The highest BCUT2D eigenvalue weighted by Gasteiger charge is 2.23. The van der Waals surface area contributed by atoms with Crippen LogP contribution in [0.15, 0.2) is 57.9 Å². The fraction of sp³-hybridized carbons (Fsp3) is 0.464. The summed E-state index contributed by atoms with van der Waals surface area (Å²) in [6.07, 6.45) is 3.14. The van der Waals surface area contributed by atoms with E-state index in [2.05, 4.69) is 67.5 Å². The molecule has 0 saturated carbocycles. The molecule has 5 heteroatoms. The minimum atomic E-state index is 0.527. The molecule has 1 aliphatic rings. The maximum atomic E-state index is 6.30.